The van der Waals surface area contributed by atoms with Crippen LogP contribution in [0.2, 0.25) is 0 Å². The number of hydrogen-bond donors (Lipinski definition) is 2. The summed E-state index contributed by atoms with van der Waals surface area (Å²) in [6, 6.07) is 25.3. The van der Waals surface area contributed by atoms with Gasteiger partial charge in [0.25, 0.3) is 0 Å². The SMILES string of the molecule is O=C(O)CC[C@@H](NC(=O)OCC1c2ccccc2-c2ccccc21)c1ccccc1. The number of benzene rings is 3. The predicted molar refractivity (Wildman–Crippen MR) is 114 cm³/mol. The van der Waals surface area contributed by atoms with E-state index in [0.717, 1.165) is 16.7 Å². The smallest absolute Gasteiger partial charge is 0.407 e. The maximum absolute atomic E-state index is 12.6. The summed E-state index contributed by atoms with van der Waals surface area (Å²) in [6.07, 6.45) is -0.289. The van der Waals surface area contributed by atoms with E-state index in [0.29, 0.717) is 6.42 Å². The molecule has 0 fully saturated rings. The summed E-state index contributed by atoms with van der Waals surface area (Å²) in [4.78, 5) is 23.6. The molecule has 3 aromatic carbocycles. The summed E-state index contributed by atoms with van der Waals surface area (Å²) >= 11 is 0. The van der Waals surface area contributed by atoms with Gasteiger partial charge in [-0.15, -0.1) is 0 Å². The first-order chi connectivity index (χ1) is 14.6. The minimum absolute atomic E-state index is 0.0163. The molecule has 30 heavy (non-hydrogen) atoms. The van der Waals surface area contributed by atoms with Crippen LogP contribution in [0.25, 0.3) is 11.1 Å². The number of hydrogen-bond acceptors (Lipinski definition) is 3. The predicted octanol–water partition coefficient (Wildman–Crippen LogP) is 5.13. The topological polar surface area (TPSA) is 75.6 Å². The first kappa shape index (κ1) is 19.7. The van der Waals surface area contributed by atoms with Crippen molar-refractivity contribution in [2.45, 2.75) is 24.8 Å². The molecule has 0 spiro atoms. The number of nitrogens with one attached hydrogen (secondary N) is 1. The maximum Gasteiger partial charge on any atom is 0.407 e. The monoisotopic (exact) mass is 401 g/mol. The van der Waals surface area contributed by atoms with Gasteiger partial charge in [-0.3, -0.25) is 4.79 Å². The van der Waals surface area contributed by atoms with Crippen LogP contribution in [0.4, 0.5) is 4.79 Å². The molecule has 0 radical (unpaired) electrons. The number of alkyl carbamates (subject to hydrolysis) is 1. The summed E-state index contributed by atoms with van der Waals surface area (Å²) in [7, 11) is 0. The lowest BCUT2D eigenvalue weighted by Gasteiger charge is -2.20. The largest absolute Gasteiger partial charge is 0.481 e. The molecule has 1 atom stereocenters. The molecule has 5 nitrogen and oxygen atoms in total. The van der Waals surface area contributed by atoms with Gasteiger partial charge < -0.3 is 15.2 Å². The number of ether oxygens (including phenoxy) is 1. The van der Waals surface area contributed by atoms with Gasteiger partial charge >= 0.3 is 12.1 Å². The molecule has 152 valence electrons. The van der Waals surface area contributed by atoms with Gasteiger partial charge in [0.2, 0.25) is 0 Å². The third-order valence-electron chi connectivity index (χ3n) is 5.48. The third-order valence-corrected chi connectivity index (χ3v) is 5.48. The van der Waals surface area contributed by atoms with Crippen molar-refractivity contribution in [2.75, 3.05) is 6.61 Å². The molecule has 0 heterocycles. The van der Waals surface area contributed by atoms with Crippen molar-refractivity contribution in [3.63, 3.8) is 0 Å². The maximum atomic E-state index is 12.6. The number of carboxylic acid groups (broad SMARTS) is 1. The zero-order valence-electron chi connectivity index (χ0n) is 16.5. The fraction of sp³-hybridized carbons (Fsp3) is 0.200. The van der Waals surface area contributed by atoms with Gasteiger partial charge in [0.1, 0.15) is 6.61 Å². The number of carbonyl (C=O) groups is 2. The number of aliphatic carboxylic acids is 1. The zero-order chi connectivity index (χ0) is 20.9. The second kappa shape index (κ2) is 8.82. The van der Waals surface area contributed by atoms with E-state index >= 15 is 0 Å². The number of amides is 1. The van der Waals surface area contributed by atoms with Crippen molar-refractivity contribution in [2.24, 2.45) is 0 Å². The van der Waals surface area contributed by atoms with Crippen molar-refractivity contribution < 1.29 is 19.4 Å². The fourth-order valence-electron chi connectivity index (χ4n) is 4.06. The lowest BCUT2D eigenvalue weighted by Crippen LogP contribution is -2.30. The Balaban J connectivity index is 1.45. The Bertz CT molecular complexity index is 1000. The average Bonchev–Trinajstić information content (AvgIpc) is 3.09. The van der Waals surface area contributed by atoms with Crippen molar-refractivity contribution in [1.29, 1.82) is 0 Å². The molecular weight excluding hydrogens is 378 g/mol. The fourth-order valence-corrected chi connectivity index (χ4v) is 4.06. The molecular formula is C25H23NO4. The summed E-state index contributed by atoms with van der Waals surface area (Å²) in [5.74, 6) is -0.914. The average molecular weight is 401 g/mol. The molecule has 0 aliphatic heterocycles. The molecule has 4 rings (SSSR count). The first-order valence-corrected chi connectivity index (χ1v) is 10.0. The lowest BCUT2D eigenvalue weighted by molar-refractivity contribution is -0.137. The number of fused-ring (bicyclic) bond motifs is 3. The quantitative estimate of drug-likeness (QED) is 0.575. The van der Waals surface area contributed by atoms with Gasteiger partial charge in [0.15, 0.2) is 0 Å². The molecule has 0 saturated heterocycles. The molecule has 2 N–H and O–H groups in total. The molecule has 5 heteroatoms. The van der Waals surface area contributed by atoms with E-state index in [2.05, 4.69) is 29.6 Å². The number of carbonyl (C=O) groups excluding carboxylic acids is 1. The number of rotatable bonds is 7. The van der Waals surface area contributed by atoms with Crippen LogP contribution in [0.5, 0.6) is 0 Å². The number of carboxylic acids is 1. The van der Waals surface area contributed by atoms with Crippen molar-refractivity contribution >= 4 is 12.1 Å². The van der Waals surface area contributed by atoms with Crippen LogP contribution >= 0.6 is 0 Å². The Kier molecular flexibility index (Phi) is 5.80. The van der Waals surface area contributed by atoms with Gasteiger partial charge in [-0.05, 0) is 34.2 Å². The Labute approximate surface area is 175 Å². The van der Waals surface area contributed by atoms with E-state index < -0.39 is 18.1 Å². The highest BCUT2D eigenvalue weighted by Crippen LogP contribution is 2.44. The molecule has 1 aliphatic carbocycles. The molecule has 1 aliphatic rings. The minimum Gasteiger partial charge on any atom is -0.481 e. The highest BCUT2D eigenvalue weighted by Gasteiger charge is 2.29. The Morgan fingerprint density at radius 2 is 1.43 bits per heavy atom. The van der Waals surface area contributed by atoms with Crippen molar-refractivity contribution in [3.8, 4) is 11.1 Å². The Morgan fingerprint density at radius 3 is 2.03 bits per heavy atom. The van der Waals surface area contributed by atoms with Gasteiger partial charge in [-0.1, -0.05) is 78.9 Å². The van der Waals surface area contributed by atoms with Gasteiger partial charge in [0.05, 0.1) is 6.04 Å². The van der Waals surface area contributed by atoms with Crippen LogP contribution in [0.1, 0.15) is 41.5 Å². The van der Waals surface area contributed by atoms with E-state index in [9.17, 15) is 9.59 Å². The van der Waals surface area contributed by atoms with E-state index in [-0.39, 0.29) is 18.9 Å². The van der Waals surface area contributed by atoms with Crippen LogP contribution in [0.3, 0.4) is 0 Å². The zero-order valence-corrected chi connectivity index (χ0v) is 16.5. The van der Waals surface area contributed by atoms with E-state index in [4.69, 9.17) is 9.84 Å². The molecule has 0 aromatic heterocycles. The summed E-state index contributed by atoms with van der Waals surface area (Å²) < 4.78 is 5.60. The first-order valence-electron chi connectivity index (χ1n) is 10.0. The molecule has 0 saturated carbocycles. The van der Waals surface area contributed by atoms with Crippen LogP contribution < -0.4 is 5.32 Å². The molecule has 0 bridgehead atoms. The highest BCUT2D eigenvalue weighted by molar-refractivity contribution is 5.79. The standard InChI is InChI=1S/C25H23NO4/c27-24(28)15-14-23(17-8-2-1-3-9-17)26-25(29)30-16-22-20-12-6-4-10-18(20)19-11-5-7-13-21(19)22/h1-13,22-23H,14-16H2,(H,26,29)(H,27,28)/t23-/m1/s1. The van der Waals surface area contributed by atoms with E-state index in [1.54, 1.807) is 0 Å². The van der Waals surface area contributed by atoms with Crippen molar-refractivity contribution in [3.05, 3.63) is 95.6 Å². The second-order valence-corrected chi connectivity index (χ2v) is 7.37. The summed E-state index contributed by atoms with van der Waals surface area (Å²) in [5, 5.41) is 11.9. The Hall–Kier alpha value is -3.60. The third kappa shape index (κ3) is 4.20. The van der Waals surface area contributed by atoms with Crippen LogP contribution in [-0.2, 0) is 9.53 Å². The second-order valence-electron chi connectivity index (χ2n) is 7.37. The van der Waals surface area contributed by atoms with E-state index in [1.807, 2.05) is 54.6 Å². The van der Waals surface area contributed by atoms with Crippen LogP contribution in [-0.4, -0.2) is 23.8 Å². The van der Waals surface area contributed by atoms with E-state index in [1.165, 1.54) is 11.1 Å². The van der Waals surface area contributed by atoms with Crippen LogP contribution in [0.15, 0.2) is 78.9 Å². The van der Waals surface area contributed by atoms with Gasteiger partial charge in [0, 0.05) is 12.3 Å². The highest BCUT2D eigenvalue weighted by atomic mass is 16.5. The minimum atomic E-state index is -0.898. The molecule has 1 amide bonds. The molecule has 0 unspecified atom stereocenters. The normalized spacial score (nSPS) is 13.2. The van der Waals surface area contributed by atoms with Crippen molar-refractivity contribution in [1.82, 2.24) is 5.32 Å². The van der Waals surface area contributed by atoms with Gasteiger partial charge in [-0.25, -0.2) is 4.79 Å². The van der Waals surface area contributed by atoms with Gasteiger partial charge in [-0.2, -0.15) is 0 Å². The van der Waals surface area contributed by atoms with Crippen LogP contribution in [0, 0.1) is 0 Å². The Morgan fingerprint density at radius 1 is 0.867 bits per heavy atom. The summed E-state index contributed by atoms with van der Waals surface area (Å²) in [6.45, 7) is 0.223. The lowest BCUT2D eigenvalue weighted by atomic mass is 9.98. The molecule has 3 aromatic rings. The summed E-state index contributed by atoms with van der Waals surface area (Å²) in [5.41, 5.74) is 5.50.